The lowest BCUT2D eigenvalue weighted by Crippen LogP contribution is -2.25. The number of carbonyl (C=O) groups is 1. The molecule has 4 nitrogen and oxygen atoms in total. The third kappa shape index (κ3) is 3.81. The number of nitrogens with one attached hydrogen (secondary N) is 1. The summed E-state index contributed by atoms with van der Waals surface area (Å²) in [5, 5.41) is 2.63. The zero-order chi connectivity index (χ0) is 14.5. The molecular weight excluding hydrogens is 264 g/mol. The molecule has 0 fully saturated rings. The Morgan fingerprint density at radius 1 is 1.25 bits per heavy atom. The van der Waals surface area contributed by atoms with Gasteiger partial charge in [0.15, 0.2) is 0 Å². The van der Waals surface area contributed by atoms with Gasteiger partial charge in [0, 0.05) is 11.8 Å². The second-order valence-corrected chi connectivity index (χ2v) is 4.34. The number of halogens is 2. The van der Waals surface area contributed by atoms with Gasteiger partial charge in [-0.2, -0.15) is 0 Å². The molecule has 104 valence electrons. The Labute approximate surface area is 114 Å². The molecule has 0 saturated heterocycles. The van der Waals surface area contributed by atoms with Gasteiger partial charge in [-0.05, 0) is 24.6 Å². The Morgan fingerprint density at radius 2 is 2.05 bits per heavy atom. The summed E-state index contributed by atoms with van der Waals surface area (Å²) >= 11 is 0. The number of rotatable bonds is 4. The predicted molar refractivity (Wildman–Crippen MR) is 68.7 cm³/mol. The molecule has 0 aliphatic rings. The first-order chi connectivity index (χ1) is 9.54. The molecule has 0 atom stereocenters. The lowest BCUT2D eigenvalue weighted by atomic mass is 10.1. The van der Waals surface area contributed by atoms with E-state index in [1.807, 2.05) is 6.92 Å². The van der Waals surface area contributed by atoms with Crippen LogP contribution in [0.3, 0.4) is 0 Å². The molecule has 1 aromatic carbocycles. The second kappa shape index (κ2) is 6.18. The second-order valence-electron chi connectivity index (χ2n) is 4.34. The van der Waals surface area contributed by atoms with Crippen LogP contribution in [-0.4, -0.2) is 15.9 Å². The van der Waals surface area contributed by atoms with Crippen molar-refractivity contribution < 1.29 is 13.6 Å². The molecule has 1 aromatic heterocycles. The monoisotopic (exact) mass is 277 g/mol. The minimum absolute atomic E-state index is 0.143. The van der Waals surface area contributed by atoms with Gasteiger partial charge in [-0.1, -0.05) is 6.07 Å². The fourth-order valence-corrected chi connectivity index (χ4v) is 1.70. The average Bonchev–Trinajstić information content (AvgIpc) is 2.40. The third-order valence-corrected chi connectivity index (χ3v) is 2.69. The Morgan fingerprint density at radius 3 is 2.75 bits per heavy atom. The van der Waals surface area contributed by atoms with Crippen molar-refractivity contribution in [3.8, 4) is 0 Å². The van der Waals surface area contributed by atoms with Gasteiger partial charge in [-0.3, -0.25) is 4.79 Å². The highest BCUT2D eigenvalue weighted by Crippen LogP contribution is 2.10. The number of hydrogen-bond donors (Lipinski definition) is 1. The van der Waals surface area contributed by atoms with Gasteiger partial charge in [0.2, 0.25) is 5.91 Å². The summed E-state index contributed by atoms with van der Waals surface area (Å²) in [6.07, 6.45) is 1.27. The van der Waals surface area contributed by atoms with Crippen LogP contribution >= 0.6 is 0 Å². The maximum atomic E-state index is 13.4. The van der Waals surface area contributed by atoms with Crippen LogP contribution in [0.2, 0.25) is 0 Å². The van der Waals surface area contributed by atoms with E-state index in [0.717, 1.165) is 17.8 Å². The van der Waals surface area contributed by atoms with E-state index in [-0.39, 0.29) is 24.4 Å². The van der Waals surface area contributed by atoms with Crippen LogP contribution in [-0.2, 0) is 17.8 Å². The first-order valence-electron chi connectivity index (χ1n) is 6.03. The molecule has 0 spiro atoms. The molecule has 0 aliphatic carbocycles. The molecule has 1 heterocycles. The van der Waals surface area contributed by atoms with Crippen LogP contribution in [0.1, 0.15) is 17.0 Å². The normalized spacial score (nSPS) is 10.3. The zero-order valence-electron chi connectivity index (χ0n) is 10.9. The summed E-state index contributed by atoms with van der Waals surface area (Å²) in [7, 11) is 0. The first kappa shape index (κ1) is 14.0. The molecule has 0 unspecified atom stereocenters. The Kier molecular flexibility index (Phi) is 4.34. The van der Waals surface area contributed by atoms with Crippen molar-refractivity contribution in [3.05, 3.63) is 59.2 Å². The summed E-state index contributed by atoms with van der Waals surface area (Å²) < 4.78 is 26.1. The van der Waals surface area contributed by atoms with E-state index >= 15 is 0 Å². The lowest BCUT2D eigenvalue weighted by Gasteiger charge is -2.06. The molecule has 20 heavy (non-hydrogen) atoms. The van der Waals surface area contributed by atoms with Gasteiger partial charge in [0.05, 0.1) is 18.7 Å². The van der Waals surface area contributed by atoms with Crippen molar-refractivity contribution in [1.82, 2.24) is 15.3 Å². The SMILES string of the molecule is Cc1cc(CNC(=O)Cc2ccc(F)cc2F)ncn1. The van der Waals surface area contributed by atoms with Crippen LogP contribution in [0.25, 0.3) is 0 Å². The molecule has 1 amide bonds. The molecule has 1 N–H and O–H groups in total. The summed E-state index contributed by atoms with van der Waals surface area (Å²) in [5.74, 6) is -1.74. The van der Waals surface area contributed by atoms with Crippen LogP contribution < -0.4 is 5.32 Å². The minimum atomic E-state index is -0.724. The molecule has 2 rings (SSSR count). The Hall–Kier alpha value is -2.37. The van der Waals surface area contributed by atoms with E-state index in [0.29, 0.717) is 5.69 Å². The molecule has 0 saturated carbocycles. The zero-order valence-corrected chi connectivity index (χ0v) is 10.9. The van der Waals surface area contributed by atoms with Crippen LogP contribution in [0, 0.1) is 18.6 Å². The highest BCUT2D eigenvalue weighted by Gasteiger charge is 2.09. The fraction of sp³-hybridized carbons (Fsp3) is 0.214. The molecule has 2 aromatic rings. The number of benzene rings is 1. The van der Waals surface area contributed by atoms with Crippen molar-refractivity contribution in [1.29, 1.82) is 0 Å². The van der Waals surface area contributed by atoms with Crippen LogP contribution in [0.5, 0.6) is 0 Å². The molecule has 0 aliphatic heterocycles. The number of aromatic nitrogens is 2. The first-order valence-corrected chi connectivity index (χ1v) is 6.03. The van der Waals surface area contributed by atoms with Gasteiger partial charge in [0.25, 0.3) is 0 Å². The van der Waals surface area contributed by atoms with E-state index in [1.165, 1.54) is 12.4 Å². The largest absolute Gasteiger partial charge is 0.350 e. The van der Waals surface area contributed by atoms with E-state index < -0.39 is 11.6 Å². The molecule has 0 radical (unpaired) electrons. The van der Waals surface area contributed by atoms with Crippen molar-refractivity contribution in [2.24, 2.45) is 0 Å². The van der Waals surface area contributed by atoms with E-state index in [9.17, 15) is 13.6 Å². The number of carbonyl (C=O) groups excluding carboxylic acids is 1. The van der Waals surface area contributed by atoms with Crippen molar-refractivity contribution in [2.75, 3.05) is 0 Å². The molecule has 6 heteroatoms. The third-order valence-electron chi connectivity index (χ3n) is 2.69. The van der Waals surface area contributed by atoms with Crippen molar-refractivity contribution in [3.63, 3.8) is 0 Å². The van der Waals surface area contributed by atoms with Crippen LogP contribution in [0.4, 0.5) is 8.78 Å². The number of nitrogens with zero attached hydrogens (tertiary/aromatic N) is 2. The number of amides is 1. The van der Waals surface area contributed by atoms with Crippen molar-refractivity contribution in [2.45, 2.75) is 19.9 Å². The van der Waals surface area contributed by atoms with Gasteiger partial charge < -0.3 is 5.32 Å². The van der Waals surface area contributed by atoms with E-state index in [4.69, 9.17) is 0 Å². The summed E-state index contributed by atoms with van der Waals surface area (Å²) in [4.78, 5) is 19.6. The maximum absolute atomic E-state index is 13.4. The predicted octanol–water partition coefficient (Wildman–Crippen LogP) is 1.92. The van der Waals surface area contributed by atoms with E-state index in [2.05, 4.69) is 15.3 Å². The lowest BCUT2D eigenvalue weighted by molar-refractivity contribution is -0.120. The standard InChI is InChI=1S/C14H13F2N3O/c1-9-4-12(19-8-18-9)7-17-14(20)5-10-2-3-11(15)6-13(10)16/h2-4,6,8H,5,7H2,1H3,(H,17,20). The smallest absolute Gasteiger partial charge is 0.224 e. The number of aryl methyl sites for hydroxylation is 1. The maximum Gasteiger partial charge on any atom is 0.224 e. The number of hydrogen-bond acceptors (Lipinski definition) is 3. The van der Waals surface area contributed by atoms with Gasteiger partial charge >= 0.3 is 0 Å². The summed E-state index contributed by atoms with van der Waals surface area (Å²) in [6, 6.07) is 4.90. The molecular formula is C14H13F2N3O. The highest BCUT2D eigenvalue weighted by atomic mass is 19.1. The minimum Gasteiger partial charge on any atom is -0.350 e. The van der Waals surface area contributed by atoms with Gasteiger partial charge in [-0.15, -0.1) is 0 Å². The van der Waals surface area contributed by atoms with Gasteiger partial charge in [0.1, 0.15) is 18.0 Å². The van der Waals surface area contributed by atoms with E-state index in [1.54, 1.807) is 6.07 Å². The average molecular weight is 277 g/mol. The van der Waals surface area contributed by atoms with Gasteiger partial charge in [-0.25, -0.2) is 18.7 Å². The Bertz CT molecular complexity index is 632. The fourth-order valence-electron chi connectivity index (χ4n) is 1.70. The highest BCUT2D eigenvalue weighted by molar-refractivity contribution is 5.78. The van der Waals surface area contributed by atoms with Crippen molar-refractivity contribution >= 4 is 5.91 Å². The summed E-state index contributed by atoms with van der Waals surface area (Å²) in [5.41, 5.74) is 1.63. The van der Waals surface area contributed by atoms with Crippen LogP contribution in [0.15, 0.2) is 30.6 Å². The topological polar surface area (TPSA) is 54.9 Å². The molecule has 0 bridgehead atoms. The quantitative estimate of drug-likeness (QED) is 0.929. The Balaban J connectivity index is 1.92. The summed E-state index contributed by atoms with van der Waals surface area (Å²) in [6.45, 7) is 2.06.